The molecule has 1 saturated heterocycles. The predicted octanol–water partition coefficient (Wildman–Crippen LogP) is 1.86. The van der Waals surface area contributed by atoms with Gasteiger partial charge in [-0.05, 0) is 30.1 Å². The zero-order valence-electron chi connectivity index (χ0n) is 8.41. The summed E-state index contributed by atoms with van der Waals surface area (Å²) in [5.41, 5.74) is 0.256. The van der Waals surface area contributed by atoms with Crippen molar-refractivity contribution in [1.29, 1.82) is 0 Å². The number of rotatable bonds is 0. The number of hydrogen-bond acceptors (Lipinski definition) is 2. The first-order chi connectivity index (χ1) is 5.91. The second-order valence-corrected chi connectivity index (χ2v) is 7.48. The topological polar surface area (TPSA) is 34.1 Å². The van der Waals surface area contributed by atoms with Gasteiger partial charge in [-0.1, -0.05) is 20.3 Å². The van der Waals surface area contributed by atoms with Crippen LogP contribution in [0.15, 0.2) is 0 Å². The van der Waals surface area contributed by atoms with Gasteiger partial charge in [-0.25, -0.2) is 8.42 Å². The van der Waals surface area contributed by atoms with Crippen LogP contribution in [-0.2, 0) is 9.84 Å². The molecule has 0 amide bonds. The van der Waals surface area contributed by atoms with Crippen LogP contribution in [0.25, 0.3) is 0 Å². The lowest BCUT2D eigenvalue weighted by molar-refractivity contribution is 0.113. The highest BCUT2D eigenvalue weighted by Gasteiger charge is 2.47. The van der Waals surface area contributed by atoms with Gasteiger partial charge in [0, 0.05) is 0 Å². The Hall–Kier alpha value is -0.0500. The summed E-state index contributed by atoms with van der Waals surface area (Å²) in [6.07, 6.45) is 3.54. The molecule has 0 bridgehead atoms. The maximum atomic E-state index is 11.5. The maximum Gasteiger partial charge on any atom is 0.150 e. The predicted molar refractivity (Wildman–Crippen MR) is 53.3 cm³/mol. The lowest BCUT2D eigenvalue weighted by Crippen LogP contribution is -2.33. The monoisotopic (exact) mass is 202 g/mol. The summed E-state index contributed by atoms with van der Waals surface area (Å²) in [6, 6.07) is 0. The molecule has 1 heterocycles. The molecule has 0 aromatic carbocycles. The maximum absolute atomic E-state index is 11.5. The van der Waals surface area contributed by atoms with Crippen molar-refractivity contribution in [2.45, 2.75) is 33.1 Å². The molecule has 3 heteroatoms. The average molecular weight is 202 g/mol. The van der Waals surface area contributed by atoms with Crippen molar-refractivity contribution in [2.75, 3.05) is 11.5 Å². The Morgan fingerprint density at radius 3 is 2.54 bits per heavy atom. The molecule has 1 aliphatic heterocycles. The van der Waals surface area contributed by atoms with Gasteiger partial charge in [-0.15, -0.1) is 0 Å². The lowest BCUT2D eigenvalue weighted by atomic mass is 9.65. The van der Waals surface area contributed by atoms with Gasteiger partial charge >= 0.3 is 0 Å². The van der Waals surface area contributed by atoms with E-state index in [1.165, 1.54) is 12.8 Å². The molecule has 0 aromatic rings. The van der Waals surface area contributed by atoms with Crippen molar-refractivity contribution in [2.24, 2.45) is 17.3 Å². The van der Waals surface area contributed by atoms with E-state index in [4.69, 9.17) is 0 Å². The largest absolute Gasteiger partial charge is 0.229 e. The third-order valence-corrected chi connectivity index (χ3v) is 5.67. The normalized spacial score (nSPS) is 41.4. The molecule has 2 rings (SSSR count). The molecule has 0 aromatic heterocycles. The van der Waals surface area contributed by atoms with Gasteiger partial charge < -0.3 is 0 Å². The van der Waals surface area contributed by atoms with Gasteiger partial charge in [0.05, 0.1) is 11.5 Å². The summed E-state index contributed by atoms with van der Waals surface area (Å²) in [4.78, 5) is 0. The van der Waals surface area contributed by atoms with Crippen LogP contribution in [0.3, 0.4) is 0 Å². The molecule has 2 fully saturated rings. The minimum Gasteiger partial charge on any atom is -0.229 e. The molecule has 0 radical (unpaired) electrons. The van der Waals surface area contributed by atoms with E-state index in [1.54, 1.807) is 0 Å². The number of hydrogen-bond donors (Lipinski definition) is 0. The molecular weight excluding hydrogens is 184 g/mol. The second-order valence-electron chi connectivity index (χ2n) is 5.32. The standard InChI is InChI=1S/C10H18O2S/c1-10(2)5-3-4-8-6-13(11,12)7-9(8)10/h8-9H,3-7H2,1-2H3. The van der Waals surface area contributed by atoms with E-state index in [1.807, 2.05) is 0 Å². The van der Waals surface area contributed by atoms with E-state index in [9.17, 15) is 8.42 Å². The minimum absolute atomic E-state index is 0.256. The molecule has 2 nitrogen and oxygen atoms in total. The molecule has 13 heavy (non-hydrogen) atoms. The van der Waals surface area contributed by atoms with Gasteiger partial charge in [0.15, 0.2) is 9.84 Å². The van der Waals surface area contributed by atoms with Gasteiger partial charge in [0.25, 0.3) is 0 Å². The Morgan fingerprint density at radius 2 is 1.92 bits per heavy atom. The van der Waals surface area contributed by atoms with Crippen LogP contribution in [0.5, 0.6) is 0 Å². The van der Waals surface area contributed by atoms with Crippen molar-refractivity contribution >= 4 is 9.84 Å². The van der Waals surface area contributed by atoms with Crippen LogP contribution in [0, 0.1) is 17.3 Å². The smallest absolute Gasteiger partial charge is 0.150 e. The number of sulfone groups is 1. The van der Waals surface area contributed by atoms with Crippen LogP contribution in [0.2, 0.25) is 0 Å². The van der Waals surface area contributed by atoms with Crippen molar-refractivity contribution in [3.63, 3.8) is 0 Å². The van der Waals surface area contributed by atoms with E-state index in [-0.39, 0.29) is 5.41 Å². The van der Waals surface area contributed by atoms with Crippen LogP contribution < -0.4 is 0 Å². The van der Waals surface area contributed by atoms with Crippen molar-refractivity contribution in [3.05, 3.63) is 0 Å². The molecule has 0 spiro atoms. The summed E-state index contributed by atoms with van der Waals surface area (Å²) in [5, 5.41) is 0. The molecule has 76 valence electrons. The molecule has 1 aliphatic carbocycles. The Kier molecular flexibility index (Phi) is 1.99. The van der Waals surface area contributed by atoms with Crippen LogP contribution >= 0.6 is 0 Å². The quantitative estimate of drug-likeness (QED) is 0.601. The Labute approximate surface area is 80.6 Å². The first kappa shape index (κ1) is 9.50. The van der Waals surface area contributed by atoms with E-state index in [0.717, 1.165) is 6.42 Å². The molecule has 2 atom stereocenters. The average Bonchev–Trinajstić information content (AvgIpc) is 2.25. The minimum atomic E-state index is -2.70. The highest BCUT2D eigenvalue weighted by atomic mass is 32.2. The summed E-state index contributed by atoms with van der Waals surface area (Å²) in [6.45, 7) is 4.45. The van der Waals surface area contributed by atoms with Gasteiger partial charge in [-0.3, -0.25) is 0 Å². The molecule has 2 aliphatic rings. The fourth-order valence-electron chi connectivity index (χ4n) is 3.07. The number of fused-ring (bicyclic) bond motifs is 1. The zero-order valence-corrected chi connectivity index (χ0v) is 9.23. The van der Waals surface area contributed by atoms with E-state index < -0.39 is 9.84 Å². The first-order valence-corrected chi connectivity index (χ1v) is 6.93. The first-order valence-electron chi connectivity index (χ1n) is 5.11. The molecule has 0 N–H and O–H groups in total. The Morgan fingerprint density at radius 1 is 1.23 bits per heavy atom. The Bertz CT molecular complexity index is 303. The van der Waals surface area contributed by atoms with Crippen LogP contribution in [-0.4, -0.2) is 19.9 Å². The van der Waals surface area contributed by atoms with Crippen molar-refractivity contribution < 1.29 is 8.42 Å². The fraction of sp³-hybridized carbons (Fsp3) is 1.00. The SMILES string of the molecule is CC1(C)CCCC2CS(=O)(=O)CC21. The molecular formula is C10H18O2S. The van der Waals surface area contributed by atoms with Gasteiger partial charge in [-0.2, -0.15) is 0 Å². The van der Waals surface area contributed by atoms with Crippen molar-refractivity contribution in [3.8, 4) is 0 Å². The second kappa shape index (κ2) is 2.72. The molecule has 1 saturated carbocycles. The van der Waals surface area contributed by atoms with Gasteiger partial charge in [0.2, 0.25) is 0 Å². The molecule has 2 unspecified atom stereocenters. The lowest BCUT2D eigenvalue weighted by Gasteiger charge is -2.39. The van der Waals surface area contributed by atoms with E-state index in [0.29, 0.717) is 23.3 Å². The summed E-state index contributed by atoms with van der Waals surface area (Å²) in [5.74, 6) is 1.81. The summed E-state index contributed by atoms with van der Waals surface area (Å²) in [7, 11) is -2.70. The van der Waals surface area contributed by atoms with Crippen LogP contribution in [0.1, 0.15) is 33.1 Å². The van der Waals surface area contributed by atoms with Crippen LogP contribution in [0.4, 0.5) is 0 Å². The fourth-order valence-corrected chi connectivity index (χ4v) is 5.53. The third-order valence-electron chi connectivity index (χ3n) is 3.87. The summed E-state index contributed by atoms with van der Waals surface area (Å²) < 4.78 is 23.0. The van der Waals surface area contributed by atoms with Gasteiger partial charge in [0.1, 0.15) is 0 Å². The Balaban J connectivity index is 2.27. The van der Waals surface area contributed by atoms with E-state index >= 15 is 0 Å². The third kappa shape index (κ3) is 1.63. The zero-order chi connectivity index (χ0) is 9.69. The van der Waals surface area contributed by atoms with E-state index in [2.05, 4.69) is 13.8 Å². The van der Waals surface area contributed by atoms with Crippen molar-refractivity contribution in [1.82, 2.24) is 0 Å². The summed E-state index contributed by atoms with van der Waals surface area (Å²) >= 11 is 0. The highest BCUT2D eigenvalue weighted by molar-refractivity contribution is 7.91. The highest BCUT2D eigenvalue weighted by Crippen LogP contribution is 2.48.